The molecule has 4 aromatic carbocycles. The van der Waals surface area contributed by atoms with Crippen molar-refractivity contribution in [3.05, 3.63) is 178 Å². The summed E-state index contributed by atoms with van der Waals surface area (Å²) in [5, 5.41) is 2.15. The first-order valence-corrected chi connectivity index (χ1v) is 22.0. The van der Waals surface area contributed by atoms with Crippen LogP contribution in [0.5, 0.6) is 0 Å². The fourth-order valence-corrected chi connectivity index (χ4v) is 7.23. The van der Waals surface area contributed by atoms with Crippen molar-refractivity contribution in [3.63, 3.8) is 0 Å². The first-order valence-electron chi connectivity index (χ1n) is 19.7. The molecule has 0 N–H and O–H groups in total. The van der Waals surface area contributed by atoms with Gasteiger partial charge in [0.05, 0.1) is 0 Å². The molecule has 56 heavy (non-hydrogen) atoms. The number of hydrogen-bond donors (Lipinski definition) is 0. The van der Waals surface area contributed by atoms with E-state index in [-0.39, 0.29) is 34.0 Å². The van der Waals surface area contributed by atoms with Gasteiger partial charge in [-0.25, -0.2) is 9.13 Å². The van der Waals surface area contributed by atoms with E-state index in [1.807, 2.05) is 0 Å². The maximum Gasteiger partial charge on any atom is 0.171 e. The Balaban J connectivity index is 0.000000328. The number of aryl methyl sites for hydroxylation is 10. The Kier molecular flexibility index (Phi) is 21.6. The largest absolute Gasteiger partial charge is 1.00 e. The molecule has 6 heteroatoms. The van der Waals surface area contributed by atoms with Crippen molar-refractivity contribution < 1.29 is 43.1 Å². The monoisotopic (exact) mass is 1000 g/mol. The van der Waals surface area contributed by atoms with Crippen LogP contribution in [0.15, 0.2) is 134 Å². The number of pyridine rings is 2. The molecule has 0 radical (unpaired) electrons. The van der Waals surface area contributed by atoms with E-state index in [0.29, 0.717) is 0 Å². The quantitative estimate of drug-likeness (QED) is 0.0780. The van der Waals surface area contributed by atoms with Crippen LogP contribution in [0.2, 0.25) is 0 Å². The lowest BCUT2D eigenvalue weighted by molar-refractivity contribution is -0.697. The lowest BCUT2D eigenvalue weighted by Crippen LogP contribution is -3.00. The Hall–Kier alpha value is -2.90. The van der Waals surface area contributed by atoms with Gasteiger partial charge in [-0.15, -0.1) is 0 Å². The summed E-state index contributed by atoms with van der Waals surface area (Å²) in [6.07, 6.45) is 18.1. The van der Waals surface area contributed by atoms with E-state index in [2.05, 4.69) is 203 Å². The molecule has 0 aliphatic carbocycles. The average Bonchev–Trinajstić information content (AvgIpc) is 3.20. The summed E-state index contributed by atoms with van der Waals surface area (Å²) >= 11 is 6.96. The van der Waals surface area contributed by atoms with Gasteiger partial charge in [0, 0.05) is 46.8 Å². The zero-order valence-electron chi connectivity index (χ0n) is 33.6. The molecular weight excluding hydrogens is 948 g/mol. The van der Waals surface area contributed by atoms with Crippen LogP contribution in [0.25, 0.3) is 22.3 Å². The third-order valence-electron chi connectivity index (χ3n) is 10.4. The fraction of sp³-hybridized carbons (Fsp3) is 0.320. The predicted octanol–water partition coefficient (Wildman–Crippen LogP) is 6.44. The van der Waals surface area contributed by atoms with E-state index in [9.17, 15) is 0 Å². The Bertz CT molecular complexity index is 1860. The van der Waals surface area contributed by atoms with E-state index in [1.54, 1.807) is 0 Å². The van der Waals surface area contributed by atoms with Crippen LogP contribution in [0.1, 0.15) is 70.2 Å². The van der Waals surface area contributed by atoms with Crippen LogP contribution in [0, 0.1) is 27.7 Å². The molecule has 0 saturated carbocycles. The Morgan fingerprint density at radius 3 is 0.875 bits per heavy atom. The molecule has 0 bridgehead atoms. The fourth-order valence-electron chi connectivity index (χ4n) is 6.67. The average molecular weight is 1010 g/mol. The minimum Gasteiger partial charge on any atom is -1.00 e. The maximum absolute atomic E-state index is 3.48. The van der Waals surface area contributed by atoms with Gasteiger partial charge in [-0.2, -0.15) is 0 Å². The number of rotatable bonds is 16. The van der Waals surface area contributed by atoms with Crippen molar-refractivity contribution in [3.8, 4) is 22.3 Å². The molecule has 2 aromatic heterocycles. The Morgan fingerprint density at radius 1 is 0.357 bits per heavy atom. The number of halogens is 4. The van der Waals surface area contributed by atoms with E-state index in [1.165, 1.54) is 79.6 Å². The van der Waals surface area contributed by atoms with Crippen molar-refractivity contribution in [2.24, 2.45) is 0 Å². The SMILES string of the molecule is BrCCCc1ccc(-c2ccc(CCCBr)cc2)cc1.Cc1cc[n+](CCCc2ccc(-c3ccc(CCC[n+]4ccc(C)c(C)c4)cc3)cc2)cc1C.[Br-].[Br-]. The number of hydrogen-bond acceptors (Lipinski definition) is 0. The van der Waals surface area contributed by atoms with E-state index >= 15 is 0 Å². The summed E-state index contributed by atoms with van der Waals surface area (Å²) in [5.74, 6) is 0. The second-order valence-corrected chi connectivity index (χ2v) is 16.3. The molecule has 6 aromatic rings. The molecule has 0 spiro atoms. The van der Waals surface area contributed by atoms with Gasteiger partial charge in [0.25, 0.3) is 0 Å². The molecular formula is C50H58Br4N2. The van der Waals surface area contributed by atoms with Gasteiger partial charge in [-0.3, -0.25) is 0 Å². The molecule has 2 heterocycles. The number of aromatic nitrogens is 2. The summed E-state index contributed by atoms with van der Waals surface area (Å²) in [4.78, 5) is 0. The maximum atomic E-state index is 3.48. The molecule has 0 unspecified atom stereocenters. The molecule has 296 valence electrons. The zero-order valence-corrected chi connectivity index (χ0v) is 39.9. The molecule has 0 amide bonds. The lowest BCUT2D eigenvalue weighted by Gasteiger charge is -2.06. The third kappa shape index (κ3) is 15.5. The standard InChI is InChI=1S/C32H38N2.C18H20Br2.2BrH/c1-25-17-21-33(23-27(25)3)19-5-7-29-9-13-31(14-10-29)32-15-11-30(12-16-32)8-6-20-34-22-18-26(2)28(4)24-34;19-13-1-3-15-5-9-17(10-6-15)18-11-7-16(8-12-18)4-2-14-20;;/h9-18,21-24H,5-8,19-20H2,1-4H3;5-12H,1-4,13-14H2;2*1H/q+2;;;/p-2. The normalized spacial score (nSPS) is 10.5. The van der Waals surface area contributed by atoms with Gasteiger partial charge in [-0.1, -0.05) is 129 Å². The van der Waals surface area contributed by atoms with Crippen LogP contribution in [0.3, 0.4) is 0 Å². The van der Waals surface area contributed by atoms with Crippen molar-refractivity contribution in [1.29, 1.82) is 0 Å². The van der Waals surface area contributed by atoms with Crippen LogP contribution in [-0.4, -0.2) is 10.7 Å². The molecule has 2 nitrogen and oxygen atoms in total. The summed E-state index contributed by atoms with van der Waals surface area (Å²) in [7, 11) is 0. The van der Waals surface area contributed by atoms with Crippen molar-refractivity contribution in [2.75, 3.05) is 10.7 Å². The minimum atomic E-state index is 0. The topological polar surface area (TPSA) is 7.76 Å². The van der Waals surface area contributed by atoms with Crippen LogP contribution >= 0.6 is 31.9 Å². The predicted molar refractivity (Wildman–Crippen MR) is 237 cm³/mol. The van der Waals surface area contributed by atoms with Gasteiger partial charge in [-0.05, 0) is 122 Å². The van der Waals surface area contributed by atoms with Gasteiger partial charge in [0.15, 0.2) is 24.8 Å². The van der Waals surface area contributed by atoms with Gasteiger partial charge < -0.3 is 34.0 Å². The Morgan fingerprint density at radius 2 is 0.625 bits per heavy atom. The van der Waals surface area contributed by atoms with Crippen LogP contribution in [-0.2, 0) is 38.8 Å². The third-order valence-corrected chi connectivity index (χ3v) is 11.6. The highest BCUT2D eigenvalue weighted by Gasteiger charge is 2.07. The van der Waals surface area contributed by atoms with E-state index in [0.717, 1.165) is 62.3 Å². The molecule has 6 rings (SSSR count). The Labute approximate surface area is 375 Å². The molecule has 0 saturated heterocycles. The second-order valence-electron chi connectivity index (χ2n) is 14.7. The van der Waals surface area contributed by atoms with Crippen LogP contribution < -0.4 is 43.1 Å². The van der Waals surface area contributed by atoms with E-state index in [4.69, 9.17) is 0 Å². The number of alkyl halides is 2. The summed E-state index contributed by atoms with van der Waals surface area (Å²) in [5.41, 5.74) is 16.3. The summed E-state index contributed by atoms with van der Waals surface area (Å²) < 4.78 is 4.61. The molecule has 0 atom stereocenters. The van der Waals surface area contributed by atoms with Gasteiger partial charge >= 0.3 is 0 Å². The highest BCUT2D eigenvalue weighted by Crippen LogP contribution is 2.23. The van der Waals surface area contributed by atoms with Crippen LogP contribution in [0.4, 0.5) is 0 Å². The number of nitrogens with zero attached hydrogens (tertiary/aromatic N) is 2. The molecule has 0 aliphatic rings. The lowest BCUT2D eigenvalue weighted by atomic mass is 10.00. The molecule has 0 aliphatic heterocycles. The first-order chi connectivity index (χ1) is 26.3. The first kappa shape index (κ1) is 47.5. The highest BCUT2D eigenvalue weighted by atomic mass is 79.9. The van der Waals surface area contributed by atoms with Crippen molar-refractivity contribution >= 4 is 31.9 Å². The summed E-state index contributed by atoms with van der Waals surface area (Å²) in [6.45, 7) is 10.8. The van der Waals surface area contributed by atoms with Crippen molar-refractivity contribution in [2.45, 2.75) is 92.2 Å². The number of benzene rings is 4. The van der Waals surface area contributed by atoms with E-state index < -0.39 is 0 Å². The van der Waals surface area contributed by atoms with Crippen molar-refractivity contribution in [1.82, 2.24) is 0 Å². The molecule has 0 fully saturated rings. The second kappa shape index (κ2) is 25.5. The van der Waals surface area contributed by atoms with Gasteiger partial charge in [0.2, 0.25) is 0 Å². The van der Waals surface area contributed by atoms with Gasteiger partial charge in [0.1, 0.15) is 13.1 Å². The summed E-state index contributed by atoms with van der Waals surface area (Å²) in [6, 6.07) is 40.6. The minimum absolute atomic E-state index is 0. The highest BCUT2D eigenvalue weighted by molar-refractivity contribution is 9.09. The zero-order chi connectivity index (χ0) is 38.1. The smallest absolute Gasteiger partial charge is 0.171 e.